The second-order valence-corrected chi connectivity index (χ2v) is 8.52. The number of amides is 1. The van der Waals surface area contributed by atoms with E-state index in [-0.39, 0.29) is 12.5 Å². The Kier molecular flexibility index (Phi) is 6.87. The maximum Gasteiger partial charge on any atom is 0.247 e. The summed E-state index contributed by atoms with van der Waals surface area (Å²) in [5.41, 5.74) is 4.18. The van der Waals surface area contributed by atoms with Crippen molar-refractivity contribution in [3.63, 3.8) is 0 Å². The van der Waals surface area contributed by atoms with Crippen LogP contribution in [-0.4, -0.2) is 74.8 Å². The molecular weight excluding hydrogens is 456 g/mol. The molecule has 0 bridgehead atoms. The zero-order chi connectivity index (χ0) is 24.9. The molecule has 184 valence electrons. The summed E-state index contributed by atoms with van der Waals surface area (Å²) < 4.78 is 1.87. The maximum atomic E-state index is 11.7. The second kappa shape index (κ2) is 10.5. The number of piperazine rings is 1. The topological polar surface area (TPSA) is 111 Å². The standard InChI is InChI=1S/C26H28N8O2/c1-2-25(36)29-21-5-3-4-19(16-21)26-31-30-24-17-27-23(18-34(24)26)28-20-6-8-22(9-7-20)33-12-10-32(11-13-33)14-15-35/h2-9,16-18,28,35H,1,10-15H2,(H,29,36). The lowest BCUT2D eigenvalue weighted by Crippen LogP contribution is -2.47. The third-order valence-corrected chi connectivity index (χ3v) is 6.16. The van der Waals surface area contributed by atoms with Crippen molar-refractivity contribution in [1.82, 2.24) is 24.5 Å². The predicted molar refractivity (Wildman–Crippen MR) is 141 cm³/mol. The lowest BCUT2D eigenvalue weighted by Gasteiger charge is -2.35. The maximum absolute atomic E-state index is 11.7. The van der Waals surface area contributed by atoms with Crippen LogP contribution in [0.4, 0.5) is 22.9 Å². The number of aliphatic hydroxyl groups excluding tert-OH is 1. The zero-order valence-electron chi connectivity index (χ0n) is 19.8. The zero-order valence-corrected chi connectivity index (χ0v) is 19.8. The summed E-state index contributed by atoms with van der Waals surface area (Å²) in [4.78, 5) is 20.8. The van der Waals surface area contributed by atoms with Crippen LogP contribution in [-0.2, 0) is 4.79 Å². The van der Waals surface area contributed by atoms with Crippen LogP contribution in [0, 0.1) is 0 Å². The highest BCUT2D eigenvalue weighted by atomic mass is 16.3. The Bertz CT molecular complexity index is 1360. The van der Waals surface area contributed by atoms with Gasteiger partial charge < -0.3 is 20.6 Å². The van der Waals surface area contributed by atoms with Gasteiger partial charge in [0, 0.05) is 55.3 Å². The molecule has 2 aromatic heterocycles. The quantitative estimate of drug-likeness (QED) is 0.328. The van der Waals surface area contributed by atoms with E-state index in [1.807, 2.05) is 40.9 Å². The molecule has 1 amide bonds. The summed E-state index contributed by atoms with van der Waals surface area (Å²) in [6, 6.07) is 15.7. The van der Waals surface area contributed by atoms with Gasteiger partial charge in [-0.2, -0.15) is 0 Å². The number of rotatable bonds is 8. The van der Waals surface area contributed by atoms with E-state index >= 15 is 0 Å². The molecule has 3 N–H and O–H groups in total. The Morgan fingerprint density at radius 2 is 1.86 bits per heavy atom. The highest BCUT2D eigenvalue weighted by Crippen LogP contribution is 2.25. The van der Waals surface area contributed by atoms with Gasteiger partial charge in [-0.05, 0) is 42.5 Å². The van der Waals surface area contributed by atoms with Crippen molar-refractivity contribution in [3.05, 3.63) is 73.6 Å². The first-order valence-corrected chi connectivity index (χ1v) is 11.8. The van der Waals surface area contributed by atoms with E-state index in [9.17, 15) is 4.79 Å². The monoisotopic (exact) mass is 484 g/mol. The van der Waals surface area contributed by atoms with Crippen LogP contribution in [0.1, 0.15) is 0 Å². The van der Waals surface area contributed by atoms with Crippen LogP contribution < -0.4 is 15.5 Å². The van der Waals surface area contributed by atoms with Crippen molar-refractivity contribution in [1.29, 1.82) is 0 Å². The van der Waals surface area contributed by atoms with E-state index in [1.54, 1.807) is 12.3 Å². The molecule has 3 heterocycles. The molecule has 0 unspecified atom stereocenters. The molecule has 0 spiro atoms. The van der Waals surface area contributed by atoms with Gasteiger partial charge in [-0.25, -0.2) is 4.98 Å². The van der Waals surface area contributed by atoms with E-state index in [1.165, 1.54) is 11.8 Å². The molecule has 2 aromatic carbocycles. The Labute approximate surface area is 208 Å². The lowest BCUT2D eigenvalue weighted by atomic mass is 10.2. The fourth-order valence-corrected chi connectivity index (χ4v) is 4.27. The Morgan fingerprint density at radius 1 is 1.06 bits per heavy atom. The second-order valence-electron chi connectivity index (χ2n) is 8.52. The molecule has 0 aliphatic carbocycles. The SMILES string of the molecule is C=CC(=O)Nc1cccc(-c2nnc3cnc(Nc4ccc(N5CCN(CCO)CC5)cc4)cn23)c1. The molecule has 0 radical (unpaired) electrons. The van der Waals surface area contributed by atoms with Crippen LogP contribution in [0.15, 0.2) is 73.6 Å². The highest BCUT2D eigenvalue weighted by Gasteiger charge is 2.16. The summed E-state index contributed by atoms with van der Waals surface area (Å²) in [6.07, 6.45) is 4.75. The van der Waals surface area contributed by atoms with Gasteiger partial charge in [0.1, 0.15) is 5.82 Å². The van der Waals surface area contributed by atoms with E-state index in [0.717, 1.165) is 44.0 Å². The normalized spacial score (nSPS) is 14.1. The van der Waals surface area contributed by atoms with Crippen molar-refractivity contribution >= 4 is 34.4 Å². The van der Waals surface area contributed by atoms with Crippen molar-refractivity contribution in [2.75, 3.05) is 54.9 Å². The van der Waals surface area contributed by atoms with Gasteiger partial charge in [-0.3, -0.25) is 14.1 Å². The minimum Gasteiger partial charge on any atom is -0.395 e. The van der Waals surface area contributed by atoms with Crippen molar-refractivity contribution in [2.24, 2.45) is 0 Å². The van der Waals surface area contributed by atoms with Crippen LogP contribution in [0.25, 0.3) is 17.0 Å². The van der Waals surface area contributed by atoms with Crippen molar-refractivity contribution < 1.29 is 9.90 Å². The van der Waals surface area contributed by atoms with Crippen molar-refractivity contribution in [3.8, 4) is 11.4 Å². The Balaban J connectivity index is 1.31. The molecule has 1 fully saturated rings. The number of fused-ring (bicyclic) bond motifs is 1. The number of carbonyl (C=O) groups excluding carboxylic acids is 1. The fraction of sp³-hybridized carbons (Fsp3) is 0.231. The summed E-state index contributed by atoms with van der Waals surface area (Å²) in [6.45, 7) is 8.22. The van der Waals surface area contributed by atoms with E-state index in [2.05, 4.69) is 54.3 Å². The molecule has 10 heteroatoms. The van der Waals surface area contributed by atoms with E-state index < -0.39 is 0 Å². The van der Waals surface area contributed by atoms with E-state index in [0.29, 0.717) is 23.0 Å². The summed E-state index contributed by atoms with van der Waals surface area (Å²) in [5, 5.41) is 23.8. The third kappa shape index (κ3) is 5.19. The van der Waals surface area contributed by atoms with Gasteiger partial charge in [0.05, 0.1) is 19.0 Å². The van der Waals surface area contributed by atoms with Crippen molar-refractivity contribution in [2.45, 2.75) is 0 Å². The highest BCUT2D eigenvalue weighted by molar-refractivity contribution is 5.99. The first-order chi connectivity index (χ1) is 17.6. The van der Waals surface area contributed by atoms with Gasteiger partial charge in [-0.15, -0.1) is 10.2 Å². The van der Waals surface area contributed by atoms with Gasteiger partial charge >= 0.3 is 0 Å². The molecular formula is C26H28N8O2. The largest absolute Gasteiger partial charge is 0.395 e. The van der Waals surface area contributed by atoms with Gasteiger partial charge in [0.15, 0.2) is 11.5 Å². The minimum absolute atomic E-state index is 0.206. The average molecular weight is 485 g/mol. The molecule has 36 heavy (non-hydrogen) atoms. The van der Waals surface area contributed by atoms with Crippen LogP contribution in [0.2, 0.25) is 0 Å². The van der Waals surface area contributed by atoms with E-state index in [4.69, 9.17) is 5.11 Å². The van der Waals surface area contributed by atoms with Gasteiger partial charge in [-0.1, -0.05) is 18.7 Å². The first-order valence-electron chi connectivity index (χ1n) is 11.8. The number of carbonyl (C=O) groups is 1. The molecule has 1 saturated heterocycles. The molecule has 4 aromatic rings. The molecule has 0 atom stereocenters. The number of aromatic nitrogens is 4. The Hall–Kier alpha value is -4.28. The van der Waals surface area contributed by atoms with Crippen LogP contribution in [0.3, 0.4) is 0 Å². The smallest absolute Gasteiger partial charge is 0.247 e. The summed E-state index contributed by atoms with van der Waals surface area (Å²) in [5.74, 6) is 1.02. The number of benzene rings is 2. The molecule has 1 aliphatic rings. The molecule has 0 saturated carbocycles. The van der Waals surface area contributed by atoms with Gasteiger partial charge in [0.25, 0.3) is 0 Å². The number of β-amino-alcohol motifs (C(OH)–C–C–N with tert-alkyl or cyclic N) is 1. The lowest BCUT2D eigenvalue weighted by molar-refractivity contribution is -0.111. The molecule has 10 nitrogen and oxygen atoms in total. The fourth-order valence-electron chi connectivity index (χ4n) is 4.27. The number of anilines is 4. The number of hydrogen-bond acceptors (Lipinski definition) is 8. The summed E-state index contributed by atoms with van der Waals surface area (Å²) in [7, 11) is 0. The first kappa shape index (κ1) is 23.5. The number of aliphatic hydroxyl groups is 1. The minimum atomic E-state index is -0.274. The third-order valence-electron chi connectivity index (χ3n) is 6.16. The Morgan fingerprint density at radius 3 is 2.61 bits per heavy atom. The predicted octanol–water partition coefficient (Wildman–Crippen LogP) is 2.77. The average Bonchev–Trinajstić information content (AvgIpc) is 3.33. The molecule has 5 rings (SSSR count). The number of nitrogens with one attached hydrogen (secondary N) is 2. The summed E-state index contributed by atoms with van der Waals surface area (Å²) >= 11 is 0. The van der Waals surface area contributed by atoms with Crippen LogP contribution in [0.5, 0.6) is 0 Å². The number of hydrogen-bond donors (Lipinski definition) is 3. The van der Waals surface area contributed by atoms with Crippen LogP contribution >= 0.6 is 0 Å². The number of nitrogens with zero attached hydrogens (tertiary/aromatic N) is 6. The van der Waals surface area contributed by atoms with Gasteiger partial charge in [0.2, 0.25) is 5.91 Å². The molecule has 1 aliphatic heterocycles.